The topological polar surface area (TPSA) is 58.1 Å². The molecule has 1 aliphatic heterocycles. The first-order chi connectivity index (χ1) is 11.0. The Bertz CT molecular complexity index is 745. The summed E-state index contributed by atoms with van der Waals surface area (Å²) in [4.78, 5) is 23.0. The van der Waals surface area contributed by atoms with Gasteiger partial charge in [-0.2, -0.15) is 0 Å². The van der Waals surface area contributed by atoms with E-state index in [0.717, 1.165) is 31.5 Å². The van der Waals surface area contributed by atoms with Crippen molar-refractivity contribution in [2.24, 2.45) is 0 Å². The Labute approximate surface area is 144 Å². The van der Waals surface area contributed by atoms with Crippen LogP contribution in [0.3, 0.4) is 0 Å². The molecule has 0 radical (unpaired) electrons. The summed E-state index contributed by atoms with van der Waals surface area (Å²) < 4.78 is 0. The number of benzene rings is 1. The van der Waals surface area contributed by atoms with Gasteiger partial charge in [-0.15, -0.1) is 0 Å². The van der Waals surface area contributed by atoms with E-state index in [9.17, 15) is 4.79 Å². The molecule has 1 amide bonds. The summed E-state index contributed by atoms with van der Waals surface area (Å²) in [7, 11) is 0. The number of rotatable bonds is 3. The molecule has 120 valence electrons. The van der Waals surface area contributed by atoms with E-state index in [-0.39, 0.29) is 16.6 Å². The lowest BCUT2D eigenvalue weighted by Crippen LogP contribution is -2.23. The van der Waals surface area contributed by atoms with Gasteiger partial charge in [0.1, 0.15) is 0 Å². The highest BCUT2D eigenvalue weighted by atomic mass is 35.5. The number of nitrogens with zero attached hydrogens (tertiary/aromatic N) is 3. The molecule has 0 aliphatic carbocycles. The molecule has 0 spiro atoms. The molecule has 0 saturated carbocycles. The van der Waals surface area contributed by atoms with Gasteiger partial charge in [0, 0.05) is 23.8 Å². The average molecular weight is 351 g/mol. The van der Waals surface area contributed by atoms with Gasteiger partial charge in [-0.3, -0.25) is 4.79 Å². The summed E-state index contributed by atoms with van der Waals surface area (Å²) in [5, 5.41) is 3.59. The Kier molecular flexibility index (Phi) is 4.68. The highest BCUT2D eigenvalue weighted by Gasteiger charge is 2.19. The van der Waals surface area contributed by atoms with Crippen molar-refractivity contribution < 1.29 is 4.79 Å². The van der Waals surface area contributed by atoms with Crippen LogP contribution in [0.2, 0.25) is 10.0 Å². The lowest BCUT2D eigenvalue weighted by molar-refractivity contribution is 0.102. The van der Waals surface area contributed by atoms with Crippen molar-refractivity contribution in [2.45, 2.75) is 19.8 Å². The summed E-state index contributed by atoms with van der Waals surface area (Å²) in [5.74, 6) is 0.164. The van der Waals surface area contributed by atoms with Crippen molar-refractivity contribution >= 4 is 40.7 Å². The molecule has 0 bridgehead atoms. The molecule has 0 atom stereocenters. The van der Waals surface area contributed by atoms with Gasteiger partial charge in [-0.05, 0) is 37.5 Å². The monoisotopic (exact) mass is 350 g/mol. The summed E-state index contributed by atoms with van der Waals surface area (Å²) in [6.45, 7) is 3.70. The standard InChI is InChI=1S/C16H16Cl2N4O/c1-10-4-5-11(8-12(10)17)20-15(23)14-13(18)9-19-16(21-14)22-6-2-3-7-22/h4-5,8-9H,2-3,6-7H2,1H3,(H,20,23). The zero-order valence-corrected chi connectivity index (χ0v) is 14.2. The lowest BCUT2D eigenvalue weighted by Gasteiger charge is -2.16. The van der Waals surface area contributed by atoms with Gasteiger partial charge < -0.3 is 10.2 Å². The highest BCUT2D eigenvalue weighted by molar-refractivity contribution is 6.34. The fourth-order valence-corrected chi connectivity index (χ4v) is 2.80. The minimum absolute atomic E-state index is 0.167. The minimum atomic E-state index is -0.377. The zero-order chi connectivity index (χ0) is 16.4. The van der Waals surface area contributed by atoms with Crippen LogP contribution in [0.25, 0.3) is 0 Å². The van der Waals surface area contributed by atoms with Gasteiger partial charge in [0.2, 0.25) is 5.95 Å². The zero-order valence-electron chi connectivity index (χ0n) is 12.6. The van der Waals surface area contributed by atoms with E-state index in [1.165, 1.54) is 6.20 Å². The van der Waals surface area contributed by atoms with Gasteiger partial charge in [0.25, 0.3) is 5.91 Å². The van der Waals surface area contributed by atoms with Gasteiger partial charge in [0.15, 0.2) is 5.69 Å². The van der Waals surface area contributed by atoms with Crippen LogP contribution in [-0.2, 0) is 0 Å². The number of carbonyl (C=O) groups is 1. The summed E-state index contributed by atoms with van der Waals surface area (Å²) in [5.41, 5.74) is 1.71. The van der Waals surface area contributed by atoms with Crippen LogP contribution in [0.5, 0.6) is 0 Å². The van der Waals surface area contributed by atoms with Crippen LogP contribution in [0.15, 0.2) is 24.4 Å². The Hall–Kier alpha value is -1.85. The largest absolute Gasteiger partial charge is 0.341 e. The Balaban J connectivity index is 1.83. The quantitative estimate of drug-likeness (QED) is 0.910. The van der Waals surface area contributed by atoms with Gasteiger partial charge in [-0.25, -0.2) is 9.97 Å². The molecular weight excluding hydrogens is 335 g/mol. The van der Waals surface area contributed by atoms with Crippen molar-refractivity contribution in [3.63, 3.8) is 0 Å². The number of anilines is 2. The van der Waals surface area contributed by atoms with Crippen molar-refractivity contribution in [3.8, 4) is 0 Å². The third-order valence-corrected chi connectivity index (χ3v) is 4.45. The first kappa shape index (κ1) is 16.0. The molecule has 1 aliphatic rings. The van der Waals surface area contributed by atoms with E-state index < -0.39 is 0 Å². The molecule has 2 aromatic rings. The van der Waals surface area contributed by atoms with Gasteiger partial charge in [0.05, 0.1) is 11.2 Å². The second-order valence-corrected chi connectivity index (χ2v) is 6.29. The highest BCUT2D eigenvalue weighted by Crippen LogP contribution is 2.23. The van der Waals surface area contributed by atoms with Crippen LogP contribution in [0.4, 0.5) is 11.6 Å². The molecule has 23 heavy (non-hydrogen) atoms. The van der Waals surface area contributed by atoms with Crippen LogP contribution in [0, 0.1) is 6.92 Å². The van der Waals surface area contributed by atoms with Crippen LogP contribution in [0.1, 0.15) is 28.9 Å². The van der Waals surface area contributed by atoms with Crippen molar-refractivity contribution in [3.05, 3.63) is 45.7 Å². The molecular formula is C16H16Cl2N4O. The number of hydrogen-bond acceptors (Lipinski definition) is 4. The SMILES string of the molecule is Cc1ccc(NC(=O)c2nc(N3CCCC3)ncc2Cl)cc1Cl. The van der Waals surface area contributed by atoms with E-state index in [2.05, 4.69) is 20.2 Å². The molecule has 0 unspecified atom stereocenters. The molecule has 3 rings (SSSR count). The molecule has 5 nitrogen and oxygen atoms in total. The van der Waals surface area contributed by atoms with E-state index in [1.54, 1.807) is 12.1 Å². The number of hydrogen-bond donors (Lipinski definition) is 1. The van der Waals surface area contributed by atoms with Gasteiger partial charge >= 0.3 is 0 Å². The average Bonchev–Trinajstić information content (AvgIpc) is 3.06. The third-order valence-electron chi connectivity index (χ3n) is 3.77. The van der Waals surface area contributed by atoms with Crippen LogP contribution in [-0.4, -0.2) is 29.0 Å². The predicted octanol–water partition coefficient (Wildman–Crippen LogP) is 3.94. The van der Waals surface area contributed by atoms with E-state index in [1.807, 2.05) is 13.0 Å². The predicted molar refractivity (Wildman–Crippen MR) is 92.6 cm³/mol. The maximum Gasteiger partial charge on any atom is 0.276 e. The smallest absolute Gasteiger partial charge is 0.276 e. The fraction of sp³-hybridized carbons (Fsp3) is 0.312. The molecule has 7 heteroatoms. The normalized spacial score (nSPS) is 14.1. The van der Waals surface area contributed by atoms with Gasteiger partial charge in [-0.1, -0.05) is 29.3 Å². The molecule has 1 aromatic heterocycles. The maximum absolute atomic E-state index is 12.5. The molecule has 1 fully saturated rings. The number of aromatic nitrogens is 2. The summed E-state index contributed by atoms with van der Waals surface area (Å²) >= 11 is 12.2. The van der Waals surface area contributed by atoms with Crippen molar-refractivity contribution in [2.75, 3.05) is 23.3 Å². The second kappa shape index (κ2) is 6.72. The Morgan fingerprint density at radius 3 is 2.65 bits per heavy atom. The number of aryl methyl sites for hydroxylation is 1. The van der Waals surface area contributed by atoms with E-state index >= 15 is 0 Å². The number of carbonyl (C=O) groups excluding carboxylic acids is 1. The van der Waals surface area contributed by atoms with E-state index in [4.69, 9.17) is 23.2 Å². The lowest BCUT2D eigenvalue weighted by atomic mass is 10.2. The second-order valence-electron chi connectivity index (χ2n) is 5.48. The van der Waals surface area contributed by atoms with Crippen LogP contribution < -0.4 is 10.2 Å². The van der Waals surface area contributed by atoms with Crippen molar-refractivity contribution in [1.29, 1.82) is 0 Å². The first-order valence-corrected chi connectivity index (χ1v) is 8.15. The summed E-state index contributed by atoms with van der Waals surface area (Å²) in [6, 6.07) is 5.33. The molecule has 2 heterocycles. The fourth-order valence-electron chi connectivity index (χ4n) is 2.45. The number of nitrogens with one attached hydrogen (secondary N) is 1. The van der Waals surface area contributed by atoms with Crippen LogP contribution >= 0.6 is 23.2 Å². The third kappa shape index (κ3) is 3.57. The molecule has 1 N–H and O–H groups in total. The molecule has 1 saturated heterocycles. The number of amides is 1. The first-order valence-electron chi connectivity index (χ1n) is 7.39. The summed E-state index contributed by atoms with van der Waals surface area (Å²) in [6.07, 6.45) is 3.68. The van der Waals surface area contributed by atoms with E-state index in [0.29, 0.717) is 16.7 Å². The Morgan fingerprint density at radius 1 is 1.22 bits per heavy atom. The maximum atomic E-state index is 12.5. The van der Waals surface area contributed by atoms with Crippen molar-refractivity contribution in [1.82, 2.24) is 9.97 Å². The Morgan fingerprint density at radius 2 is 1.96 bits per heavy atom. The molecule has 1 aromatic carbocycles. The minimum Gasteiger partial charge on any atom is -0.341 e. The number of halogens is 2.